The van der Waals surface area contributed by atoms with E-state index in [0.717, 1.165) is 22.0 Å². The quantitative estimate of drug-likeness (QED) is 0.748. The van der Waals surface area contributed by atoms with Crippen molar-refractivity contribution in [1.29, 1.82) is 0 Å². The van der Waals surface area contributed by atoms with Gasteiger partial charge in [-0.1, -0.05) is 41.9 Å². The third-order valence-electron chi connectivity index (χ3n) is 3.96. The number of nitrogens with zero attached hydrogens (tertiary/aromatic N) is 1. The second-order valence-electron chi connectivity index (χ2n) is 5.44. The molecule has 0 aliphatic heterocycles. The summed E-state index contributed by atoms with van der Waals surface area (Å²) in [6, 6.07) is 15.3. The fourth-order valence-electron chi connectivity index (χ4n) is 2.86. The van der Waals surface area contributed by atoms with Gasteiger partial charge >= 0.3 is 5.97 Å². The van der Waals surface area contributed by atoms with Crippen LogP contribution < -0.4 is 5.32 Å². The third kappa shape index (κ3) is 3.09. The number of para-hydroxylation sites is 1. The average Bonchev–Trinajstić information content (AvgIpc) is 2.82. The van der Waals surface area contributed by atoms with E-state index in [1.54, 1.807) is 11.6 Å². The van der Waals surface area contributed by atoms with E-state index in [4.69, 9.17) is 11.6 Å². The highest BCUT2D eigenvalue weighted by Crippen LogP contribution is 2.25. The predicted octanol–water partition coefficient (Wildman–Crippen LogP) is 3.82. The number of aromatic nitrogens is 1. The lowest BCUT2D eigenvalue weighted by Gasteiger charge is -2.06. The van der Waals surface area contributed by atoms with E-state index in [-0.39, 0.29) is 0 Å². The zero-order chi connectivity index (χ0) is 16.4. The molecule has 0 fully saturated rings. The van der Waals surface area contributed by atoms with Gasteiger partial charge in [-0.05, 0) is 23.8 Å². The molecule has 0 radical (unpaired) electrons. The van der Waals surface area contributed by atoms with Crippen molar-refractivity contribution in [2.45, 2.75) is 13.1 Å². The molecular formula is C18H17ClN2O2. The van der Waals surface area contributed by atoms with E-state index in [0.29, 0.717) is 23.8 Å². The van der Waals surface area contributed by atoms with Crippen LogP contribution in [-0.4, -0.2) is 15.6 Å². The molecule has 0 atom stereocenters. The maximum Gasteiger partial charge on any atom is 0.352 e. The fraction of sp³-hybridized carbons (Fsp3) is 0.167. The van der Waals surface area contributed by atoms with E-state index in [9.17, 15) is 9.90 Å². The van der Waals surface area contributed by atoms with Gasteiger partial charge in [0.1, 0.15) is 5.69 Å². The fourth-order valence-corrected chi connectivity index (χ4v) is 2.98. The molecule has 0 aliphatic rings. The first-order chi connectivity index (χ1) is 11.1. The first-order valence-corrected chi connectivity index (χ1v) is 7.70. The number of hydrogen-bond donors (Lipinski definition) is 2. The highest BCUT2D eigenvalue weighted by Gasteiger charge is 2.19. The summed E-state index contributed by atoms with van der Waals surface area (Å²) in [4.78, 5) is 11.6. The molecule has 23 heavy (non-hydrogen) atoms. The standard InChI is InChI=1S/C18H17ClN2O2/c1-21-16-5-3-2-4-14(16)15(17(21)18(22)23)11-20-10-12-6-8-13(19)9-7-12/h2-9,20H,10-11H2,1H3,(H,22,23). The molecule has 5 heteroatoms. The Bertz CT molecular complexity index is 853. The van der Waals surface area contributed by atoms with E-state index < -0.39 is 5.97 Å². The van der Waals surface area contributed by atoms with Crippen molar-refractivity contribution in [2.75, 3.05) is 0 Å². The van der Waals surface area contributed by atoms with Crippen LogP contribution in [0.5, 0.6) is 0 Å². The summed E-state index contributed by atoms with van der Waals surface area (Å²) in [5, 5.41) is 14.5. The van der Waals surface area contributed by atoms with Crippen LogP contribution in [0, 0.1) is 0 Å². The second-order valence-corrected chi connectivity index (χ2v) is 5.87. The Labute approximate surface area is 139 Å². The van der Waals surface area contributed by atoms with Gasteiger partial charge in [-0.25, -0.2) is 4.79 Å². The molecule has 0 amide bonds. The number of fused-ring (bicyclic) bond motifs is 1. The number of carboxylic acid groups (broad SMARTS) is 1. The van der Waals surface area contributed by atoms with Gasteiger partial charge in [0.2, 0.25) is 0 Å². The van der Waals surface area contributed by atoms with E-state index >= 15 is 0 Å². The Hall–Kier alpha value is -2.30. The summed E-state index contributed by atoms with van der Waals surface area (Å²) in [5.74, 6) is -0.910. The topological polar surface area (TPSA) is 54.3 Å². The van der Waals surface area contributed by atoms with Gasteiger partial charge in [0.15, 0.2) is 0 Å². The molecule has 0 bridgehead atoms. The van der Waals surface area contributed by atoms with E-state index in [2.05, 4.69) is 5.32 Å². The first kappa shape index (κ1) is 15.6. The van der Waals surface area contributed by atoms with Gasteiger partial charge in [-0.3, -0.25) is 0 Å². The number of aromatic carboxylic acids is 1. The lowest BCUT2D eigenvalue weighted by atomic mass is 10.1. The van der Waals surface area contributed by atoms with Crippen molar-refractivity contribution >= 4 is 28.5 Å². The normalized spacial score (nSPS) is 11.0. The Kier molecular flexibility index (Phi) is 4.37. The zero-order valence-corrected chi connectivity index (χ0v) is 13.5. The van der Waals surface area contributed by atoms with Crippen LogP contribution >= 0.6 is 11.6 Å². The SMILES string of the molecule is Cn1c(C(=O)O)c(CNCc2ccc(Cl)cc2)c2ccccc21. The molecule has 2 N–H and O–H groups in total. The largest absolute Gasteiger partial charge is 0.477 e. The van der Waals surface area contributed by atoms with Crippen molar-refractivity contribution in [1.82, 2.24) is 9.88 Å². The minimum atomic E-state index is -0.910. The molecule has 3 rings (SSSR count). The Morgan fingerprint density at radius 1 is 1.13 bits per heavy atom. The highest BCUT2D eigenvalue weighted by molar-refractivity contribution is 6.30. The monoisotopic (exact) mass is 328 g/mol. The number of hydrogen-bond acceptors (Lipinski definition) is 2. The predicted molar refractivity (Wildman–Crippen MR) is 91.9 cm³/mol. The Balaban J connectivity index is 1.85. The van der Waals surface area contributed by atoms with Crippen LogP contribution in [0.1, 0.15) is 21.6 Å². The molecular weight excluding hydrogens is 312 g/mol. The van der Waals surface area contributed by atoms with Gasteiger partial charge in [-0.15, -0.1) is 0 Å². The minimum Gasteiger partial charge on any atom is -0.477 e. The van der Waals surface area contributed by atoms with Crippen LogP contribution in [0.4, 0.5) is 0 Å². The number of carboxylic acids is 1. The number of halogens is 1. The van der Waals surface area contributed by atoms with Gasteiger partial charge in [0.25, 0.3) is 0 Å². The number of aryl methyl sites for hydroxylation is 1. The van der Waals surface area contributed by atoms with Gasteiger partial charge in [-0.2, -0.15) is 0 Å². The summed E-state index contributed by atoms with van der Waals surface area (Å²) in [6.45, 7) is 1.14. The summed E-state index contributed by atoms with van der Waals surface area (Å²) in [7, 11) is 1.79. The molecule has 0 unspecified atom stereocenters. The van der Waals surface area contributed by atoms with Crippen LogP contribution in [0.15, 0.2) is 48.5 Å². The van der Waals surface area contributed by atoms with Gasteiger partial charge in [0.05, 0.1) is 0 Å². The summed E-state index contributed by atoms with van der Waals surface area (Å²) in [5.41, 5.74) is 3.17. The minimum absolute atomic E-state index is 0.329. The van der Waals surface area contributed by atoms with Crippen molar-refractivity contribution < 1.29 is 9.90 Å². The molecule has 0 spiro atoms. The average molecular weight is 329 g/mol. The van der Waals surface area contributed by atoms with Crippen molar-refractivity contribution in [3.8, 4) is 0 Å². The van der Waals surface area contributed by atoms with Crippen LogP contribution in [0.3, 0.4) is 0 Å². The van der Waals surface area contributed by atoms with Crippen molar-refractivity contribution in [2.24, 2.45) is 7.05 Å². The Morgan fingerprint density at radius 2 is 1.83 bits per heavy atom. The second kappa shape index (κ2) is 6.44. The van der Waals surface area contributed by atoms with E-state index in [1.165, 1.54) is 0 Å². The van der Waals surface area contributed by atoms with Crippen molar-refractivity contribution in [3.05, 3.63) is 70.4 Å². The zero-order valence-electron chi connectivity index (χ0n) is 12.7. The molecule has 0 aliphatic carbocycles. The molecule has 1 aromatic heterocycles. The van der Waals surface area contributed by atoms with Crippen LogP contribution in [-0.2, 0) is 20.1 Å². The summed E-state index contributed by atoms with van der Waals surface area (Å²) in [6.07, 6.45) is 0. The number of rotatable bonds is 5. The molecule has 0 saturated heterocycles. The van der Waals surface area contributed by atoms with Crippen LogP contribution in [0.2, 0.25) is 5.02 Å². The van der Waals surface area contributed by atoms with Gasteiger partial charge < -0.3 is 15.0 Å². The third-order valence-corrected chi connectivity index (χ3v) is 4.21. The lowest BCUT2D eigenvalue weighted by Crippen LogP contribution is -2.16. The van der Waals surface area contributed by atoms with E-state index in [1.807, 2.05) is 48.5 Å². The smallest absolute Gasteiger partial charge is 0.352 e. The van der Waals surface area contributed by atoms with Crippen LogP contribution in [0.25, 0.3) is 10.9 Å². The molecule has 0 saturated carbocycles. The molecule has 2 aromatic carbocycles. The molecule has 4 nitrogen and oxygen atoms in total. The molecule has 118 valence electrons. The summed E-state index contributed by atoms with van der Waals surface area (Å²) >= 11 is 5.88. The maximum absolute atomic E-state index is 11.6. The van der Waals surface area contributed by atoms with Crippen molar-refractivity contribution in [3.63, 3.8) is 0 Å². The Morgan fingerprint density at radius 3 is 2.52 bits per heavy atom. The van der Waals surface area contributed by atoms with Gasteiger partial charge in [0, 0.05) is 41.6 Å². The highest BCUT2D eigenvalue weighted by atomic mass is 35.5. The summed E-state index contributed by atoms with van der Waals surface area (Å²) < 4.78 is 1.73. The number of benzene rings is 2. The number of carbonyl (C=O) groups is 1. The first-order valence-electron chi connectivity index (χ1n) is 7.32. The number of nitrogens with one attached hydrogen (secondary N) is 1. The molecule has 1 heterocycles. The lowest BCUT2D eigenvalue weighted by molar-refractivity contribution is 0.0685. The maximum atomic E-state index is 11.6. The molecule has 3 aromatic rings.